The molecular formula is C9H14N4. The minimum absolute atomic E-state index is 0.319. The molecule has 0 amide bonds. The van der Waals surface area contributed by atoms with Crippen molar-refractivity contribution in [3.8, 4) is 0 Å². The van der Waals surface area contributed by atoms with Crippen LogP contribution < -0.4 is 5.73 Å². The minimum Gasteiger partial charge on any atom is -0.366 e. The Hall–Kier alpha value is -1.58. The molecule has 4 nitrogen and oxygen atoms in total. The largest absolute Gasteiger partial charge is 0.366 e. The van der Waals surface area contributed by atoms with Gasteiger partial charge in [-0.25, -0.2) is 4.52 Å². The molecule has 0 atom stereocenters. The van der Waals surface area contributed by atoms with Gasteiger partial charge in [0.25, 0.3) is 0 Å². The second-order valence-electron chi connectivity index (χ2n) is 2.41. The van der Waals surface area contributed by atoms with E-state index in [1.165, 1.54) is 0 Å². The van der Waals surface area contributed by atoms with Crippen LogP contribution >= 0.6 is 0 Å². The van der Waals surface area contributed by atoms with Crippen LogP contribution in [0, 0.1) is 6.92 Å². The lowest BCUT2D eigenvalue weighted by Gasteiger charge is -1.93. The minimum atomic E-state index is 0.319. The van der Waals surface area contributed by atoms with E-state index >= 15 is 0 Å². The SMILES string of the molecule is CC.Cc1cccc2nc(N)nn12. The number of hydrogen-bond acceptors (Lipinski definition) is 3. The molecule has 0 fully saturated rings. The van der Waals surface area contributed by atoms with Gasteiger partial charge in [0.05, 0.1) is 0 Å². The summed E-state index contributed by atoms with van der Waals surface area (Å²) < 4.78 is 1.72. The van der Waals surface area contributed by atoms with Crippen molar-refractivity contribution in [3.63, 3.8) is 0 Å². The van der Waals surface area contributed by atoms with Gasteiger partial charge in [0.2, 0.25) is 5.95 Å². The Bertz CT molecular complexity index is 391. The van der Waals surface area contributed by atoms with Crippen LogP contribution in [0.2, 0.25) is 0 Å². The molecule has 0 saturated carbocycles. The van der Waals surface area contributed by atoms with Crippen LogP contribution in [-0.4, -0.2) is 14.6 Å². The van der Waals surface area contributed by atoms with Crippen LogP contribution in [0.5, 0.6) is 0 Å². The summed E-state index contributed by atoms with van der Waals surface area (Å²) in [6.45, 7) is 5.96. The van der Waals surface area contributed by atoms with Crippen LogP contribution in [-0.2, 0) is 0 Å². The number of rotatable bonds is 0. The number of aryl methyl sites for hydroxylation is 1. The van der Waals surface area contributed by atoms with Gasteiger partial charge < -0.3 is 5.73 Å². The highest BCUT2D eigenvalue weighted by atomic mass is 15.3. The second kappa shape index (κ2) is 3.89. The second-order valence-corrected chi connectivity index (χ2v) is 2.41. The molecule has 2 N–H and O–H groups in total. The molecule has 0 radical (unpaired) electrons. The van der Waals surface area contributed by atoms with E-state index in [2.05, 4.69) is 10.1 Å². The van der Waals surface area contributed by atoms with Crippen LogP contribution in [0.25, 0.3) is 5.65 Å². The Morgan fingerprint density at radius 3 is 2.62 bits per heavy atom. The summed E-state index contributed by atoms with van der Waals surface area (Å²) in [5.41, 5.74) is 7.24. The topological polar surface area (TPSA) is 56.2 Å². The normalized spacial score (nSPS) is 9.46. The first-order chi connectivity index (χ1) is 6.27. The van der Waals surface area contributed by atoms with E-state index in [-0.39, 0.29) is 0 Å². The molecule has 0 aromatic carbocycles. The fourth-order valence-corrected chi connectivity index (χ4v) is 1.05. The van der Waals surface area contributed by atoms with Gasteiger partial charge in [0, 0.05) is 5.69 Å². The average Bonchev–Trinajstić information content (AvgIpc) is 2.51. The van der Waals surface area contributed by atoms with Gasteiger partial charge in [0.1, 0.15) is 0 Å². The lowest BCUT2D eigenvalue weighted by atomic mass is 10.4. The third-order valence-corrected chi connectivity index (χ3v) is 1.57. The van der Waals surface area contributed by atoms with E-state index in [0.29, 0.717) is 5.95 Å². The lowest BCUT2D eigenvalue weighted by Crippen LogP contribution is -1.92. The van der Waals surface area contributed by atoms with Crippen molar-refractivity contribution < 1.29 is 0 Å². The molecule has 2 aromatic heterocycles. The van der Waals surface area contributed by atoms with Gasteiger partial charge in [-0.3, -0.25) is 0 Å². The summed E-state index contributed by atoms with van der Waals surface area (Å²) in [5, 5.41) is 4.00. The number of pyridine rings is 1. The smallest absolute Gasteiger partial charge is 0.240 e. The van der Waals surface area contributed by atoms with Crippen molar-refractivity contribution in [3.05, 3.63) is 23.9 Å². The molecule has 4 heteroatoms. The van der Waals surface area contributed by atoms with Gasteiger partial charge in [-0.05, 0) is 19.1 Å². The summed E-state index contributed by atoms with van der Waals surface area (Å²) in [7, 11) is 0. The molecule has 13 heavy (non-hydrogen) atoms. The van der Waals surface area contributed by atoms with E-state index in [0.717, 1.165) is 11.3 Å². The molecule has 0 unspecified atom stereocenters. The van der Waals surface area contributed by atoms with Gasteiger partial charge in [-0.15, -0.1) is 5.10 Å². The first-order valence-electron chi connectivity index (χ1n) is 4.35. The predicted molar refractivity (Wildman–Crippen MR) is 53.5 cm³/mol. The van der Waals surface area contributed by atoms with Crippen molar-refractivity contribution in [1.82, 2.24) is 14.6 Å². The fraction of sp³-hybridized carbons (Fsp3) is 0.333. The Morgan fingerprint density at radius 1 is 1.31 bits per heavy atom. The molecule has 0 saturated heterocycles. The maximum absolute atomic E-state index is 5.42. The summed E-state index contributed by atoms with van der Waals surface area (Å²) >= 11 is 0. The lowest BCUT2D eigenvalue weighted by molar-refractivity contribution is 0.920. The first kappa shape index (κ1) is 9.51. The zero-order valence-electron chi connectivity index (χ0n) is 8.15. The van der Waals surface area contributed by atoms with Crippen LogP contribution in [0.15, 0.2) is 18.2 Å². The van der Waals surface area contributed by atoms with Crippen LogP contribution in [0.3, 0.4) is 0 Å². The summed E-state index contributed by atoms with van der Waals surface area (Å²) in [5.74, 6) is 0.319. The van der Waals surface area contributed by atoms with Crippen molar-refractivity contribution in [2.24, 2.45) is 0 Å². The standard InChI is InChI=1S/C7H8N4.C2H6/c1-5-3-2-4-6-9-7(8)10-11(5)6;1-2/h2-4H,1H3,(H2,8,10);1-2H3. The van der Waals surface area contributed by atoms with Crippen molar-refractivity contribution in [2.75, 3.05) is 5.73 Å². The van der Waals surface area contributed by atoms with E-state index in [1.807, 2.05) is 39.0 Å². The molecule has 2 aromatic rings. The average molecular weight is 178 g/mol. The van der Waals surface area contributed by atoms with Crippen molar-refractivity contribution in [2.45, 2.75) is 20.8 Å². The third kappa shape index (κ3) is 1.77. The number of hydrogen-bond donors (Lipinski definition) is 1. The Morgan fingerprint density at radius 2 is 2.00 bits per heavy atom. The van der Waals surface area contributed by atoms with Gasteiger partial charge >= 0.3 is 0 Å². The predicted octanol–water partition coefficient (Wildman–Crippen LogP) is 1.65. The zero-order valence-corrected chi connectivity index (χ0v) is 8.15. The Balaban J connectivity index is 0.000000396. The summed E-state index contributed by atoms with van der Waals surface area (Å²) in [4.78, 5) is 4.00. The first-order valence-corrected chi connectivity index (χ1v) is 4.35. The van der Waals surface area contributed by atoms with Crippen molar-refractivity contribution in [1.29, 1.82) is 0 Å². The molecular weight excluding hydrogens is 164 g/mol. The number of aromatic nitrogens is 3. The summed E-state index contributed by atoms with van der Waals surface area (Å²) in [6.07, 6.45) is 0. The van der Waals surface area contributed by atoms with Gasteiger partial charge in [0.15, 0.2) is 5.65 Å². The quantitative estimate of drug-likeness (QED) is 0.667. The highest BCUT2D eigenvalue weighted by molar-refractivity contribution is 5.42. The fourth-order valence-electron chi connectivity index (χ4n) is 1.05. The molecule has 0 bridgehead atoms. The van der Waals surface area contributed by atoms with Gasteiger partial charge in [-0.2, -0.15) is 4.98 Å². The third-order valence-electron chi connectivity index (χ3n) is 1.57. The van der Waals surface area contributed by atoms with Crippen LogP contribution in [0.4, 0.5) is 5.95 Å². The van der Waals surface area contributed by atoms with E-state index < -0.39 is 0 Å². The Labute approximate surface area is 77.4 Å². The number of nitrogens with two attached hydrogens (primary N) is 1. The van der Waals surface area contributed by atoms with Crippen molar-refractivity contribution >= 4 is 11.6 Å². The Kier molecular flexibility index (Phi) is 2.84. The number of nitrogen functional groups attached to an aromatic ring is 1. The molecule has 0 aliphatic rings. The van der Waals surface area contributed by atoms with Crippen LogP contribution in [0.1, 0.15) is 19.5 Å². The zero-order chi connectivity index (χ0) is 9.84. The molecule has 2 rings (SSSR count). The van der Waals surface area contributed by atoms with Gasteiger partial charge in [-0.1, -0.05) is 19.9 Å². The maximum atomic E-state index is 5.42. The molecule has 70 valence electrons. The molecule has 0 aliphatic heterocycles. The number of fused-ring (bicyclic) bond motifs is 1. The monoisotopic (exact) mass is 178 g/mol. The van der Waals surface area contributed by atoms with E-state index in [9.17, 15) is 0 Å². The number of nitrogens with zero attached hydrogens (tertiary/aromatic N) is 3. The maximum Gasteiger partial charge on any atom is 0.240 e. The molecule has 0 spiro atoms. The number of anilines is 1. The summed E-state index contributed by atoms with van der Waals surface area (Å²) in [6, 6.07) is 5.76. The van der Waals surface area contributed by atoms with E-state index in [1.54, 1.807) is 4.52 Å². The highest BCUT2D eigenvalue weighted by Crippen LogP contribution is 2.04. The van der Waals surface area contributed by atoms with E-state index in [4.69, 9.17) is 5.73 Å². The molecule has 0 aliphatic carbocycles. The highest BCUT2D eigenvalue weighted by Gasteiger charge is 1.99. The molecule has 2 heterocycles.